The molecule has 0 aliphatic heterocycles. The third-order valence-electron chi connectivity index (χ3n) is 2.10. The van der Waals surface area contributed by atoms with Crippen molar-refractivity contribution in [3.63, 3.8) is 0 Å². The Kier molecular flexibility index (Phi) is 4.34. The van der Waals surface area contributed by atoms with Crippen molar-refractivity contribution in [3.05, 3.63) is 0 Å². The molecule has 0 aromatic heterocycles. The molecule has 0 radical (unpaired) electrons. The van der Waals surface area contributed by atoms with Gasteiger partial charge in [0, 0.05) is 24.8 Å². The molecule has 1 N–H and O–H groups in total. The minimum absolute atomic E-state index is 0.00375. The van der Waals surface area contributed by atoms with Crippen molar-refractivity contribution in [3.8, 4) is 0 Å². The van der Waals surface area contributed by atoms with E-state index in [1.54, 1.807) is 14.2 Å². The fraction of sp³-hybridized carbons (Fsp3) is 1.00. The van der Waals surface area contributed by atoms with Crippen LogP contribution in [0, 0.1) is 0 Å². The van der Waals surface area contributed by atoms with Crippen molar-refractivity contribution in [1.29, 1.82) is 0 Å². The summed E-state index contributed by atoms with van der Waals surface area (Å²) < 4.78 is 11.3. The van der Waals surface area contributed by atoms with E-state index in [4.69, 9.17) is 8.85 Å². The summed E-state index contributed by atoms with van der Waals surface area (Å²) in [5.41, 5.74) is 0.00548. The number of rotatable bonds is 3. The van der Waals surface area contributed by atoms with E-state index in [1.807, 2.05) is 0 Å². The fourth-order valence-electron chi connectivity index (χ4n) is 1.48. The molecule has 0 aliphatic rings. The lowest BCUT2D eigenvalue weighted by Crippen LogP contribution is -2.66. The second-order valence-corrected chi connectivity index (χ2v) is 9.45. The standard InChI is InChI=1S/C10H25NO2Si/c1-9(2,3)11-14(12-7,13-8)10(4,5)6/h11H,1-8H3. The predicted molar refractivity (Wildman–Crippen MR) is 62.4 cm³/mol. The van der Waals surface area contributed by atoms with Gasteiger partial charge in [-0.15, -0.1) is 0 Å². The molecule has 0 heterocycles. The van der Waals surface area contributed by atoms with Crippen LogP contribution in [-0.4, -0.2) is 28.5 Å². The van der Waals surface area contributed by atoms with Crippen LogP contribution < -0.4 is 4.98 Å². The first-order valence-electron chi connectivity index (χ1n) is 4.97. The predicted octanol–water partition coefficient (Wildman–Crippen LogP) is 2.41. The molecule has 14 heavy (non-hydrogen) atoms. The number of hydrogen-bond acceptors (Lipinski definition) is 3. The molecule has 0 aromatic carbocycles. The summed E-state index contributed by atoms with van der Waals surface area (Å²) >= 11 is 0. The van der Waals surface area contributed by atoms with Gasteiger partial charge in [-0.2, -0.15) is 0 Å². The average molecular weight is 219 g/mol. The molecular weight excluding hydrogens is 194 g/mol. The number of hydrogen-bond donors (Lipinski definition) is 1. The van der Waals surface area contributed by atoms with Crippen molar-refractivity contribution in [2.75, 3.05) is 14.2 Å². The van der Waals surface area contributed by atoms with Gasteiger partial charge >= 0.3 is 8.72 Å². The van der Waals surface area contributed by atoms with Crippen molar-refractivity contribution < 1.29 is 8.85 Å². The van der Waals surface area contributed by atoms with Gasteiger partial charge in [-0.1, -0.05) is 20.8 Å². The Balaban J connectivity index is 4.91. The minimum atomic E-state index is -2.33. The Morgan fingerprint density at radius 3 is 1.29 bits per heavy atom. The molecule has 0 bridgehead atoms. The molecule has 0 aliphatic carbocycles. The largest absolute Gasteiger partial charge is 0.430 e. The van der Waals surface area contributed by atoms with Crippen molar-refractivity contribution in [1.82, 2.24) is 4.98 Å². The Bertz CT molecular complexity index is 178. The Labute approximate surface area is 89.5 Å². The summed E-state index contributed by atoms with van der Waals surface area (Å²) in [5, 5.41) is 0.00375. The van der Waals surface area contributed by atoms with Gasteiger partial charge in [0.25, 0.3) is 0 Å². The van der Waals surface area contributed by atoms with Crippen LogP contribution >= 0.6 is 0 Å². The van der Waals surface area contributed by atoms with E-state index in [9.17, 15) is 0 Å². The Morgan fingerprint density at radius 2 is 1.21 bits per heavy atom. The van der Waals surface area contributed by atoms with Crippen LogP contribution in [0.25, 0.3) is 0 Å². The molecule has 86 valence electrons. The van der Waals surface area contributed by atoms with E-state index in [0.29, 0.717) is 0 Å². The highest BCUT2D eigenvalue weighted by Gasteiger charge is 2.50. The Hall–Kier alpha value is 0.0969. The third-order valence-corrected chi connectivity index (χ3v) is 6.31. The SMILES string of the molecule is CO[Si](NC(C)(C)C)(OC)C(C)(C)C. The maximum Gasteiger partial charge on any atom is 0.430 e. The zero-order valence-electron chi connectivity index (χ0n) is 10.8. The van der Waals surface area contributed by atoms with E-state index in [1.165, 1.54) is 0 Å². The summed E-state index contributed by atoms with van der Waals surface area (Å²) in [6.07, 6.45) is 0. The van der Waals surface area contributed by atoms with E-state index in [-0.39, 0.29) is 10.6 Å². The van der Waals surface area contributed by atoms with Crippen LogP contribution in [0.15, 0.2) is 0 Å². The zero-order chi connectivity index (χ0) is 11.6. The highest BCUT2D eigenvalue weighted by molar-refractivity contribution is 6.68. The van der Waals surface area contributed by atoms with Gasteiger partial charge in [-0.05, 0) is 20.8 Å². The highest BCUT2D eigenvalue weighted by atomic mass is 28.4. The van der Waals surface area contributed by atoms with Gasteiger partial charge in [0.1, 0.15) is 0 Å². The third kappa shape index (κ3) is 3.35. The molecule has 0 spiro atoms. The summed E-state index contributed by atoms with van der Waals surface area (Å²) in [7, 11) is 1.11. The van der Waals surface area contributed by atoms with E-state index >= 15 is 0 Å². The molecule has 3 nitrogen and oxygen atoms in total. The smallest absolute Gasteiger partial charge is 0.386 e. The van der Waals surface area contributed by atoms with E-state index in [0.717, 1.165) is 0 Å². The molecular formula is C10H25NO2Si. The van der Waals surface area contributed by atoms with E-state index < -0.39 is 8.72 Å². The lowest BCUT2D eigenvalue weighted by Gasteiger charge is -2.42. The molecule has 0 aromatic rings. The van der Waals surface area contributed by atoms with Crippen molar-refractivity contribution in [2.45, 2.75) is 52.1 Å². The maximum atomic E-state index is 5.63. The van der Waals surface area contributed by atoms with Crippen LogP contribution in [0.2, 0.25) is 5.04 Å². The first kappa shape index (κ1) is 14.1. The lowest BCUT2D eigenvalue weighted by molar-refractivity contribution is 0.185. The zero-order valence-corrected chi connectivity index (χ0v) is 11.8. The first-order chi connectivity index (χ1) is 6.08. The van der Waals surface area contributed by atoms with Gasteiger partial charge < -0.3 is 8.85 Å². The second kappa shape index (κ2) is 4.31. The molecule has 0 amide bonds. The van der Waals surface area contributed by atoms with Gasteiger partial charge in [-0.25, -0.2) is 0 Å². The van der Waals surface area contributed by atoms with E-state index in [2.05, 4.69) is 46.5 Å². The van der Waals surface area contributed by atoms with Crippen LogP contribution in [0.3, 0.4) is 0 Å². The summed E-state index contributed by atoms with van der Waals surface area (Å²) in [6, 6.07) is 0. The highest BCUT2D eigenvalue weighted by Crippen LogP contribution is 2.36. The first-order valence-corrected chi connectivity index (χ1v) is 6.79. The summed E-state index contributed by atoms with van der Waals surface area (Å²) in [4.78, 5) is 3.50. The monoisotopic (exact) mass is 219 g/mol. The molecule has 0 rings (SSSR count). The molecule has 0 saturated carbocycles. The molecule has 0 unspecified atom stereocenters. The van der Waals surface area contributed by atoms with Gasteiger partial charge in [0.05, 0.1) is 0 Å². The van der Waals surface area contributed by atoms with Gasteiger partial charge in [0.2, 0.25) is 0 Å². The molecule has 4 heteroatoms. The minimum Gasteiger partial charge on any atom is -0.386 e. The maximum absolute atomic E-state index is 5.63. The average Bonchev–Trinajstić information content (AvgIpc) is 1.96. The molecule has 0 fully saturated rings. The fourth-order valence-corrected chi connectivity index (χ4v) is 4.44. The normalized spacial score (nSPS) is 14.6. The molecule has 0 atom stereocenters. The quantitative estimate of drug-likeness (QED) is 0.739. The summed E-state index contributed by atoms with van der Waals surface area (Å²) in [6.45, 7) is 12.8. The van der Waals surface area contributed by atoms with Crippen LogP contribution in [-0.2, 0) is 8.85 Å². The Morgan fingerprint density at radius 1 is 0.857 bits per heavy atom. The summed E-state index contributed by atoms with van der Waals surface area (Å²) in [5.74, 6) is 0. The van der Waals surface area contributed by atoms with Crippen molar-refractivity contribution in [2.24, 2.45) is 0 Å². The lowest BCUT2D eigenvalue weighted by atomic mass is 10.1. The van der Waals surface area contributed by atoms with Crippen molar-refractivity contribution >= 4 is 8.72 Å². The van der Waals surface area contributed by atoms with Gasteiger partial charge in [0.15, 0.2) is 0 Å². The van der Waals surface area contributed by atoms with Crippen LogP contribution in [0.4, 0.5) is 0 Å². The number of nitrogens with one attached hydrogen (secondary N) is 1. The molecule has 0 saturated heterocycles. The second-order valence-electron chi connectivity index (χ2n) is 5.65. The van der Waals surface area contributed by atoms with Crippen LogP contribution in [0.1, 0.15) is 41.5 Å². The van der Waals surface area contributed by atoms with Gasteiger partial charge in [-0.3, -0.25) is 4.98 Å². The van der Waals surface area contributed by atoms with Crippen LogP contribution in [0.5, 0.6) is 0 Å². The topological polar surface area (TPSA) is 30.5 Å².